The lowest BCUT2D eigenvalue weighted by Crippen LogP contribution is -2.48. The number of carbonyl (C=O) groups excluding carboxylic acids is 2. The number of carbonyl (C=O) groups is 2. The first-order chi connectivity index (χ1) is 14.6. The van der Waals surface area contributed by atoms with E-state index < -0.39 is 22.7 Å². The van der Waals surface area contributed by atoms with E-state index in [1.807, 2.05) is 0 Å². The number of rotatable bonds is 8. The Hall–Kier alpha value is -3.82. The van der Waals surface area contributed by atoms with E-state index in [4.69, 9.17) is 14.5 Å². The summed E-state index contributed by atoms with van der Waals surface area (Å²) in [5.74, 6) is -0.0952. The van der Waals surface area contributed by atoms with Gasteiger partial charge in [0.05, 0.1) is 4.92 Å². The van der Waals surface area contributed by atoms with Crippen LogP contribution >= 0.6 is 0 Å². The van der Waals surface area contributed by atoms with Gasteiger partial charge in [-0.3, -0.25) is 24.7 Å². The van der Waals surface area contributed by atoms with Crippen LogP contribution in [0, 0.1) is 10.1 Å². The Kier molecular flexibility index (Phi) is 7.78. The van der Waals surface area contributed by atoms with Crippen molar-refractivity contribution < 1.29 is 29.0 Å². The number of amides is 2. The summed E-state index contributed by atoms with van der Waals surface area (Å²) in [4.78, 5) is 44.9. The molecule has 1 atom stereocenters. The number of nitrogens with zero attached hydrogens (tertiary/aromatic N) is 1. The van der Waals surface area contributed by atoms with Crippen molar-refractivity contribution in [1.29, 1.82) is 0 Å². The number of ether oxygens (including phenoxy) is 1. The summed E-state index contributed by atoms with van der Waals surface area (Å²) in [5.41, 5.74) is -0.173. The van der Waals surface area contributed by atoms with Crippen molar-refractivity contribution >= 4 is 17.7 Å². The Morgan fingerprint density at radius 2 is 1.71 bits per heavy atom. The van der Waals surface area contributed by atoms with Gasteiger partial charge in [0.15, 0.2) is 5.75 Å². The zero-order chi connectivity index (χ0) is 23.0. The smallest absolute Gasteiger partial charge is 0.408 e. The molecule has 0 saturated heterocycles. The van der Waals surface area contributed by atoms with Gasteiger partial charge in [-0.15, -0.1) is 0 Å². The summed E-state index contributed by atoms with van der Waals surface area (Å²) in [6.07, 6.45) is -0.483. The second-order valence-corrected chi connectivity index (χ2v) is 7.55. The SMILES string of the molecule is CNC(=O)[C@H](Cc1ccc(OOc2ccccc2[N+](=O)[O-])cc1)NC(=O)OC(C)(C)C. The van der Waals surface area contributed by atoms with Crippen molar-refractivity contribution in [2.45, 2.75) is 38.8 Å². The monoisotopic (exact) mass is 431 g/mol. The van der Waals surface area contributed by atoms with E-state index in [0.29, 0.717) is 5.75 Å². The van der Waals surface area contributed by atoms with Crippen LogP contribution in [0.15, 0.2) is 48.5 Å². The van der Waals surface area contributed by atoms with E-state index in [9.17, 15) is 19.7 Å². The van der Waals surface area contributed by atoms with Crippen LogP contribution in [0.1, 0.15) is 26.3 Å². The molecule has 0 heterocycles. The number of hydrogen-bond donors (Lipinski definition) is 2. The van der Waals surface area contributed by atoms with Crippen molar-refractivity contribution in [3.63, 3.8) is 0 Å². The number of benzene rings is 2. The van der Waals surface area contributed by atoms with Gasteiger partial charge in [0.25, 0.3) is 5.75 Å². The van der Waals surface area contributed by atoms with Crippen LogP contribution in [0.2, 0.25) is 0 Å². The molecule has 0 aromatic heterocycles. The molecule has 0 radical (unpaired) electrons. The molecule has 2 aromatic rings. The molecule has 166 valence electrons. The van der Waals surface area contributed by atoms with Crippen LogP contribution in [0.25, 0.3) is 0 Å². The molecule has 10 nitrogen and oxygen atoms in total. The topological polar surface area (TPSA) is 129 Å². The first kappa shape index (κ1) is 23.5. The third kappa shape index (κ3) is 7.50. The molecule has 2 rings (SSSR count). The number of nitro benzene ring substituents is 1. The highest BCUT2D eigenvalue weighted by Crippen LogP contribution is 2.26. The van der Waals surface area contributed by atoms with Crippen LogP contribution < -0.4 is 20.4 Å². The lowest BCUT2D eigenvalue weighted by molar-refractivity contribution is -0.387. The highest BCUT2D eigenvalue weighted by Gasteiger charge is 2.24. The molecule has 0 saturated carbocycles. The molecule has 0 spiro atoms. The average Bonchev–Trinajstić information content (AvgIpc) is 2.71. The maximum absolute atomic E-state index is 12.1. The molecule has 2 N–H and O–H groups in total. The van der Waals surface area contributed by atoms with Gasteiger partial charge in [-0.25, -0.2) is 4.79 Å². The molecule has 0 aliphatic carbocycles. The number of nitrogens with one attached hydrogen (secondary N) is 2. The molecule has 2 aromatic carbocycles. The van der Waals surface area contributed by atoms with E-state index in [1.165, 1.54) is 25.2 Å². The Balaban J connectivity index is 2.01. The minimum Gasteiger partial charge on any atom is -0.444 e. The van der Waals surface area contributed by atoms with Gasteiger partial charge < -0.3 is 15.4 Å². The summed E-state index contributed by atoms with van der Waals surface area (Å²) in [6, 6.07) is 11.5. The van der Waals surface area contributed by atoms with E-state index in [-0.39, 0.29) is 23.8 Å². The number of likely N-dealkylation sites (N-methyl/N-ethyl adjacent to an activating group) is 1. The van der Waals surface area contributed by atoms with Crippen LogP contribution in [0.5, 0.6) is 11.5 Å². The van der Waals surface area contributed by atoms with E-state index in [0.717, 1.165) is 5.56 Å². The Morgan fingerprint density at radius 1 is 1.06 bits per heavy atom. The first-order valence-electron chi connectivity index (χ1n) is 9.47. The Bertz CT molecular complexity index is 923. The first-order valence-corrected chi connectivity index (χ1v) is 9.47. The Morgan fingerprint density at radius 3 is 2.29 bits per heavy atom. The van der Waals surface area contributed by atoms with Gasteiger partial charge >= 0.3 is 11.8 Å². The summed E-state index contributed by atoms with van der Waals surface area (Å²) in [5, 5.41) is 16.1. The third-order valence-electron chi connectivity index (χ3n) is 3.91. The third-order valence-corrected chi connectivity index (χ3v) is 3.91. The molecule has 0 fully saturated rings. The molecule has 31 heavy (non-hydrogen) atoms. The summed E-state index contributed by atoms with van der Waals surface area (Å²) < 4.78 is 5.21. The minimum absolute atomic E-state index is 0.0298. The van der Waals surface area contributed by atoms with Crippen molar-refractivity contribution in [2.75, 3.05) is 7.05 Å². The highest BCUT2D eigenvalue weighted by atomic mass is 17.2. The fraction of sp³-hybridized carbons (Fsp3) is 0.333. The zero-order valence-electron chi connectivity index (χ0n) is 17.7. The number of para-hydroxylation sites is 2. The standard InChI is InChI=1S/C21H25N3O7/c1-21(2,3)29-20(26)23-16(19(25)22-4)13-14-9-11-15(12-10-14)30-31-18-8-6-5-7-17(18)24(27)28/h5-12,16H,13H2,1-4H3,(H,22,25)(H,23,26)/t16-/m0/s1. The molecule has 0 bridgehead atoms. The average molecular weight is 431 g/mol. The van der Waals surface area contributed by atoms with Gasteiger partial charge in [0, 0.05) is 19.5 Å². The lowest BCUT2D eigenvalue weighted by atomic mass is 10.1. The van der Waals surface area contributed by atoms with Crippen molar-refractivity contribution in [3.8, 4) is 11.5 Å². The molecule has 0 aliphatic rings. The van der Waals surface area contributed by atoms with Gasteiger partial charge in [-0.05, 0) is 44.5 Å². The predicted octanol–water partition coefficient (Wildman–Crippen LogP) is 3.15. The van der Waals surface area contributed by atoms with Crippen LogP contribution in [-0.2, 0) is 16.0 Å². The largest absolute Gasteiger partial charge is 0.444 e. The summed E-state index contributed by atoms with van der Waals surface area (Å²) in [7, 11) is 1.48. The summed E-state index contributed by atoms with van der Waals surface area (Å²) in [6.45, 7) is 5.19. The minimum atomic E-state index is -0.838. The van der Waals surface area contributed by atoms with Crippen LogP contribution in [0.4, 0.5) is 10.5 Å². The van der Waals surface area contributed by atoms with Gasteiger partial charge in [0.2, 0.25) is 5.91 Å². The zero-order valence-corrected chi connectivity index (χ0v) is 17.7. The van der Waals surface area contributed by atoms with E-state index in [1.54, 1.807) is 51.1 Å². The van der Waals surface area contributed by atoms with Crippen LogP contribution in [-0.4, -0.2) is 35.6 Å². The maximum atomic E-state index is 12.1. The molecule has 2 amide bonds. The maximum Gasteiger partial charge on any atom is 0.408 e. The lowest BCUT2D eigenvalue weighted by Gasteiger charge is -2.23. The number of nitro groups is 1. The van der Waals surface area contributed by atoms with Gasteiger partial charge in [0.1, 0.15) is 11.6 Å². The second-order valence-electron chi connectivity index (χ2n) is 7.55. The normalized spacial score (nSPS) is 11.7. The molecule has 0 aliphatic heterocycles. The van der Waals surface area contributed by atoms with Crippen molar-refractivity contribution in [3.05, 3.63) is 64.2 Å². The fourth-order valence-electron chi connectivity index (χ4n) is 2.52. The van der Waals surface area contributed by atoms with E-state index in [2.05, 4.69) is 10.6 Å². The number of hydrogen-bond acceptors (Lipinski definition) is 7. The van der Waals surface area contributed by atoms with Crippen molar-refractivity contribution in [1.82, 2.24) is 10.6 Å². The molecule has 10 heteroatoms. The molecular formula is C21H25N3O7. The van der Waals surface area contributed by atoms with E-state index >= 15 is 0 Å². The van der Waals surface area contributed by atoms with Crippen molar-refractivity contribution in [2.24, 2.45) is 0 Å². The molecule has 0 unspecified atom stereocenters. The highest BCUT2D eigenvalue weighted by molar-refractivity contribution is 5.85. The van der Waals surface area contributed by atoms with Gasteiger partial charge in [-0.1, -0.05) is 24.3 Å². The molecular weight excluding hydrogens is 406 g/mol. The Labute approximate surface area is 179 Å². The number of alkyl carbamates (subject to hydrolysis) is 1. The summed E-state index contributed by atoms with van der Waals surface area (Å²) >= 11 is 0. The fourth-order valence-corrected chi connectivity index (χ4v) is 2.52. The second kappa shape index (κ2) is 10.3. The predicted molar refractivity (Wildman–Crippen MR) is 112 cm³/mol. The quantitative estimate of drug-likeness (QED) is 0.373. The van der Waals surface area contributed by atoms with Crippen LogP contribution in [0.3, 0.4) is 0 Å². The van der Waals surface area contributed by atoms with Gasteiger partial charge in [-0.2, -0.15) is 0 Å².